The Morgan fingerprint density at radius 3 is 2.42 bits per heavy atom. The fourth-order valence-electron chi connectivity index (χ4n) is 2.25. The van der Waals surface area contributed by atoms with Gasteiger partial charge in [-0.25, -0.2) is 4.79 Å². The molecule has 0 aromatic heterocycles. The molecule has 2 amide bonds. The van der Waals surface area contributed by atoms with Crippen molar-refractivity contribution >= 4 is 35.5 Å². The third-order valence-corrected chi connectivity index (χ3v) is 4.53. The van der Waals surface area contributed by atoms with E-state index in [1.807, 2.05) is 13.8 Å². The summed E-state index contributed by atoms with van der Waals surface area (Å²) in [5, 5.41) is 29.0. The summed E-state index contributed by atoms with van der Waals surface area (Å²) in [7, 11) is 0. The van der Waals surface area contributed by atoms with E-state index in [1.165, 1.54) is 0 Å². The van der Waals surface area contributed by atoms with E-state index in [0.29, 0.717) is 0 Å². The molecule has 1 saturated heterocycles. The summed E-state index contributed by atoms with van der Waals surface area (Å²) in [6.45, 7) is 4.00. The summed E-state index contributed by atoms with van der Waals surface area (Å²) in [6.07, 6.45) is -0.0128. The van der Waals surface area contributed by atoms with Gasteiger partial charge in [-0.2, -0.15) is 0 Å². The van der Waals surface area contributed by atoms with Crippen LogP contribution in [0.1, 0.15) is 33.1 Å². The highest BCUT2D eigenvalue weighted by Gasteiger charge is 2.54. The van der Waals surface area contributed by atoms with Crippen LogP contribution in [0.5, 0.6) is 0 Å². The first-order valence-corrected chi connectivity index (χ1v) is 8.49. The molecule has 2 atom stereocenters. The number of amides is 2. The number of nitrogens with one attached hydrogen (secondary N) is 1. The van der Waals surface area contributed by atoms with Gasteiger partial charge in [-0.05, 0) is 6.42 Å². The van der Waals surface area contributed by atoms with E-state index in [-0.39, 0.29) is 30.8 Å². The first-order chi connectivity index (χ1) is 11.3. The molecule has 134 valence electrons. The second kappa shape index (κ2) is 8.57. The average Bonchev–Trinajstić information content (AvgIpc) is 2.53. The van der Waals surface area contributed by atoms with Crippen molar-refractivity contribution in [2.75, 3.05) is 5.75 Å². The van der Waals surface area contributed by atoms with E-state index in [4.69, 9.17) is 10.2 Å². The van der Waals surface area contributed by atoms with E-state index in [1.54, 1.807) is 0 Å². The maximum absolute atomic E-state index is 12.0. The van der Waals surface area contributed by atoms with Crippen molar-refractivity contribution in [2.24, 2.45) is 0 Å². The second-order valence-corrected chi connectivity index (χ2v) is 5.91. The Morgan fingerprint density at radius 2 is 1.88 bits per heavy atom. The Bertz CT molecular complexity index is 575. The number of rotatable bonds is 6. The van der Waals surface area contributed by atoms with Crippen LogP contribution in [-0.2, 0) is 19.2 Å². The zero-order valence-electron chi connectivity index (χ0n) is 13.3. The summed E-state index contributed by atoms with van der Waals surface area (Å²) in [5.74, 6) is -3.81. The van der Waals surface area contributed by atoms with Gasteiger partial charge in [0.15, 0.2) is 5.70 Å². The molecule has 10 heteroatoms. The van der Waals surface area contributed by atoms with Crippen LogP contribution in [-0.4, -0.2) is 61.1 Å². The van der Waals surface area contributed by atoms with Crippen molar-refractivity contribution in [3.8, 4) is 0 Å². The molecule has 0 spiro atoms. The third kappa shape index (κ3) is 4.19. The van der Waals surface area contributed by atoms with Crippen LogP contribution >= 0.6 is 11.8 Å². The highest BCUT2D eigenvalue weighted by Crippen LogP contribution is 2.39. The molecule has 2 rings (SSSR count). The van der Waals surface area contributed by atoms with Gasteiger partial charge in [0.25, 0.3) is 5.91 Å². The predicted molar refractivity (Wildman–Crippen MR) is 85.1 cm³/mol. The fourth-order valence-corrected chi connectivity index (χ4v) is 3.45. The lowest BCUT2D eigenvalue weighted by Crippen LogP contribution is -2.70. The summed E-state index contributed by atoms with van der Waals surface area (Å²) >= 11 is 1.15. The molecule has 0 unspecified atom stereocenters. The number of thioether (sulfide) groups is 1. The largest absolute Gasteiger partial charge is 0.509 e. The van der Waals surface area contributed by atoms with Crippen molar-refractivity contribution in [1.29, 1.82) is 0 Å². The van der Waals surface area contributed by atoms with E-state index < -0.39 is 40.9 Å². The lowest BCUT2D eigenvalue weighted by atomic mass is 10.0. The number of carbonyl (C=O) groups is 4. The number of hydrogen-bond donors (Lipinski definition) is 4. The minimum absolute atomic E-state index is 0.0274. The fraction of sp³-hybridized carbons (Fsp3) is 0.571. The number of nitrogens with zero attached hydrogens (tertiary/aromatic N) is 1. The number of β-lactam (4-membered cyclic amide) rings is 1. The number of aliphatic hydroxyl groups is 1. The molecular weight excluding hydrogens is 340 g/mol. The molecule has 2 heterocycles. The van der Waals surface area contributed by atoms with Crippen molar-refractivity contribution < 1.29 is 34.5 Å². The lowest BCUT2D eigenvalue weighted by molar-refractivity contribution is -0.151. The maximum atomic E-state index is 12.0. The van der Waals surface area contributed by atoms with Gasteiger partial charge in [0, 0.05) is 12.8 Å². The normalized spacial score (nSPS) is 21.9. The molecule has 0 radical (unpaired) electrons. The van der Waals surface area contributed by atoms with Gasteiger partial charge in [-0.3, -0.25) is 19.3 Å². The molecular formula is C14H20N2O7S. The quantitative estimate of drug-likeness (QED) is 0.502. The minimum Gasteiger partial charge on any atom is -0.509 e. The molecule has 4 N–H and O–H groups in total. The number of aliphatic carboxylic acids is 2. The molecule has 0 saturated carbocycles. The van der Waals surface area contributed by atoms with Crippen molar-refractivity contribution in [2.45, 2.75) is 44.5 Å². The van der Waals surface area contributed by atoms with Crippen LogP contribution in [0.4, 0.5) is 0 Å². The van der Waals surface area contributed by atoms with Crippen LogP contribution in [0.3, 0.4) is 0 Å². The number of hydrogen-bond acceptors (Lipinski definition) is 6. The Morgan fingerprint density at radius 1 is 1.25 bits per heavy atom. The van der Waals surface area contributed by atoms with Crippen LogP contribution in [0.25, 0.3) is 0 Å². The summed E-state index contributed by atoms with van der Waals surface area (Å²) in [4.78, 5) is 46.0. The van der Waals surface area contributed by atoms with Crippen molar-refractivity contribution in [1.82, 2.24) is 10.2 Å². The zero-order chi connectivity index (χ0) is 18.4. The predicted octanol–water partition coefficient (Wildman–Crippen LogP) is 0.522. The van der Waals surface area contributed by atoms with E-state index in [0.717, 1.165) is 16.7 Å². The number of aliphatic hydroxyl groups excluding tert-OH is 1. The van der Waals surface area contributed by atoms with Crippen molar-refractivity contribution in [3.05, 3.63) is 11.5 Å². The first kappa shape index (κ1) is 19.8. The Hall–Kier alpha value is -2.23. The standard InChI is InChI=1S/C12H14N2O7S.C2H6/c15-5-4-22-11-8(10(19)14(11)9(5)12(20)21)13-6(16)2-1-3-7(17)18;1-2/h8,11,15H,1-4H2,(H,13,16)(H,17,18)(H,20,21);1-2H3/t8-,11-;/m1./s1. The van der Waals surface area contributed by atoms with Crippen LogP contribution < -0.4 is 5.32 Å². The SMILES string of the molecule is CC.O=C(O)CCCC(=O)N[C@@H]1C(=O)N2C(C(=O)O)=C(O)CS[C@H]12. The van der Waals surface area contributed by atoms with Gasteiger partial charge < -0.3 is 20.6 Å². The topological polar surface area (TPSA) is 144 Å². The summed E-state index contributed by atoms with van der Waals surface area (Å²) < 4.78 is 0. The van der Waals surface area contributed by atoms with Gasteiger partial charge >= 0.3 is 11.9 Å². The molecule has 0 bridgehead atoms. The molecule has 2 aliphatic rings. The van der Waals surface area contributed by atoms with Gasteiger partial charge in [-0.15, -0.1) is 11.8 Å². The van der Waals surface area contributed by atoms with Gasteiger partial charge in [0.1, 0.15) is 17.2 Å². The number of fused-ring (bicyclic) bond motifs is 1. The zero-order valence-corrected chi connectivity index (χ0v) is 14.1. The first-order valence-electron chi connectivity index (χ1n) is 7.44. The highest BCUT2D eigenvalue weighted by atomic mass is 32.2. The molecule has 0 aromatic rings. The lowest BCUT2D eigenvalue weighted by Gasteiger charge is -2.48. The van der Waals surface area contributed by atoms with Crippen LogP contribution in [0.15, 0.2) is 11.5 Å². The Labute approximate surface area is 142 Å². The van der Waals surface area contributed by atoms with Crippen LogP contribution in [0.2, 0.25) is 0 Å². The third-order valence-electron chi connectivity index (χ3n) is 3.26. The molecule has 9 nitrogen and oxygen atoms in total. The maximum Gasteiger partial charge on any atom is 0.356 e. The molecule has 2 aliphatic heterocycles. The molecule has 1 fully saturated rings. The highest BCUT2D eigenvalue weighted by molar-refractivity contribution is 8.00. The van der Waals surface area contributed by atoms with Crippen molar-refractivity contribution in [3.63, 3.8) is 0 Å². The monoisotopic (exact) mass is 360 g/mol. The van der Waals surface area contributed by atoms with Gasteiger partial charge in [0.05, 0.1) is 5.75 Å². The summed E-state index contributed by atoms with van der Waals surface area (Å²) in [5.41, 5.74) is -0.454. The molecule has 0 aromatic carbocycles. The Balaban J connectivity index is 0.00000139. The van der Waals surface area contributed by atoms with E-state index in [2.05, 4.69) is 5.32 Å². The van der Waals surface area contributed by atoms with Gasteiger partial charge in [-0.1, -0.05) is 13.8 Å². The summed E-state index contributed by atoms with van der Waals surface area (Å²) in [6, 6.07) is -0.857. The Kier molecular flexibility index (Phi) is 7.08. The number of carboxylic acids is 2. The second-order valence-electron chi connectivity index (χ2n) is 4.80. The minimum atomic E-state index is -1.40. The molecule has 24 heavy (non-hydrogen) atoms. The van der Waals surface area contributed by atoms with Gasteiger partial charge in [0.2, 0.25) is 5.91 Å². The van der Waals surface area contributed by atoms with Crippen LogP contribution in [0, 0.1) is 0 Å². The molecule has 0 aliphatic carbocycles. The smallest absolute Gasteiger partial charge is 0.356 e. The van der Waals surface area contributed by atoms with E-state index in [9.17, 15) is 24.3 Å². The number of carbonyl (C=O) groups excluding carboxylic acids is 2. The number of carboxylic acid groups (broad SMARTS) is 2. The average molecular weight is 360 g/mol. The van der Waals surface area contributed by atoms with E-state index >= 15 is 0 Å².